The second-order valence-electron chi connectivity index (χ2n) is 7.28. The van der Waals surface area contributed by atoms with Crippen LogP contribution in [0.1, 0.15) is 41.6 Å². The van der Waals surface area contributed by atoms with Gasteiger partial charge in [-0.25, -0.2) is 0 Å². The normalized spacial score (nSPS) is 17.5. The summed E-state index contributed by atoms with van der Waals surface area (Å²) in [6.45, 7) is 3.31. The van der Waals surface area contributed by atoms with Gasteiger partial charge in [-0.3, -0.25) is 14.6 Å². The average Bonchev–Trinajstić information content (AvgIpc) is 3.03. The van der Waals surface area contributed by atoms with Crippen molar-refractivity contribution in [3.8, 4) is 0 Å². The van der Waals surface area contributed by atoms with E-state index in [4.69, 9.17) is 4.99 Å². The number of benzene rings is 2. The fourth-order valence-electron chi connectivity index (χ4n) is 3.77. The molecule has 1 atom stereocenters. The van der Waals surface area contributed by atoms with Gasteiger partial charge in [0.05, 0.1) is 23.6 Å². The number of para-hydroxylation sites is 2. The first-order valence-corrected chi connectivity index (χ1v) is 9.69. The summed E-state index contributed by atoms with van der Waals surface area (Å²) >= 11 is 0. The summed E-state index contributed by atoms with van der Waals surface area (Å²) in [5.74, 6) is -0.679. The van der Waals surface area contributed by atoms with E-state index in [0.717, 1.165) is 41.2 Å². The predicted octanol–water partition coefficient (Wildman–Crippen LogP) is 3.47. The van der Waals surface area contributed by atoms with Crippen LogP contribution >= 0.6 is 0 Å². The lowest BCUT2D eigenvalue weighted by molar-refractivity contribution is -0.115. The van der Waals surface area contributed by atoms with E-state index in [0.29, 0.717) is 18.7 Å². The van der Waals surface area contributed by atoms with Gasteiger partial charge in [-0.2, -0.15) is 0 Å². The van der Waals surface area contributed by atoms with Crippen LogP contribution in [0.3, 0.4) is 0 Å². The smallest absolute Gasteiger partial charge is 0.251 e. The van der Waals surface area contributed by atoms with Crippen LogP contribution in [0.4, 0.5) is 17.1 Å². The Hall–Kier alpha value is -3.15. The molecule has 0 spiro atoms. The fourth-order valence-corrected chi connectivity index (χ4v) is 3.77. The summed E-state index contributed by atoms with van der Waals surface area (Å²) < 4.78 is 0. The lowest BCUT2D eigenvalue weighted by atomic mass is 9.92. The van der Waals surface area contributed by atoms with Crippen molar-refractivity contribution in [2.75, 3.05) is 30.4 Å². The SMILES string of the molecule is CCCCNC(=O)c1ccc2c(c1)C(C1=Nc3ccccc3N(C)C1)C(=O)N2. The van der Waals surface area contributed by atoms with Gasteiger partial charge in [0.15, 0.2) is 0 Å². The van der Waals surface area contributed by atoms with Gasteiger partial charge in [0, 0.05) is 24.8 Å². The van der Waals surface area contributed by atoms with E-state index in [1.54, 1.807) is 6.07 Å². The molecule has 2 aliphatic rings. The summed E-state index contributed by atoms with van der Waals surface area (Å²) in [7, 11) is 2.00. The number of unbranched alkanes of at least 4 members (excludes halogenated alkanes) is 1. The van der Waals surface area contributed by atoms with Gasteiger partial charge in [-0.05, 0) is 42.3 Å². The standard InChI is InChI=1S/C22H24N4O2/c1-3-4-11-23-21(27)14-9-10-16-15(12-14)20(22(28)25-16)18-13-26(2)19-8-6-5-7-17(19)24-18/h5-10,12,20H,3-4,11,13H2,1-2H3,(H,23,27)(H,25,28). The minimum Gasteiger partial charge on any atom is -0.367 e. The Bertz CT molecular complexity index is 967. The highest BCUT2D eigenvalue weighted by Crippen LogP contribution is 2.39. The lowest BCUT2D eigenvalue weighted by Gasteiger charge is -2.28. The second kappa shape index (κ2) is 7.46. The van der Waals surface area contributed by atoms with Crippen LogP contribution in [0.25, 0.3) is 0 Å². The number of carbonyl (C=O) groups is 2. The maximum Gasteiger partial charge on any atom is 0.251 e. The third-order valence-electron chi connectivity index (χ3n) is 5.25. The summed E-state index contributed by atoms with van der Waals surface area (Å²) in [5.41, 5.74) is 4.85. The number of rotatable bonds is 5. The largest absolute Gasteiger partial charge is 0.367 e. The van der Waals surface area contributed by atoms with Crippen LogP contribution in [0.15, 0.2) is 47.5 Å². The van der Waals surface area contributed by atoms with Crippen LogP contribution in [0.5, 0.6) is 0 Å². The fraction of sp³-hybridized carbons (Fsp3) is 0.318. The molecule has 6 heteroatoms. The molecule has 0 aliphatic carbocycles. The molecule has 0 saturated carbocycles. The number of anilines is 2. The van der Waals surface area contributed by atoms with Crippen molar-refractivity contribution in [3.05, 3.63) is 53.6 Å². The zero-order valence-electron chi connectivity index (χ0n) is 16.2. The number of amides is 2. The molecular weight excluding hydrogens is 352 g/mol. The van der Waals surface area contributed by atoms with Crippen LogP contribution in [0, 0.1) is 0 Å². The topological polar surface area (TPSA) is 73.8 Å². The number of hydrogen-bond donors (Lipinski definition) is 2. The second-order valence-corrected chi connectivity index (χ2v) is 7.28. The van der Waals surface area contributed by atoms with Crippen molar-refractivity contribution in [3.63, 3.8) is 0 Å². The molecule has 144 valence electrons. The van der Waals surface area contributed by atoms with Crippen LogP contribution < -0.4 is 15.5 Å². The maximum absolute atomic E-state index is 12.7. The molecule has 2 N–H and O–H groups in total. The van der Waals surface area contributed by atoms with E-state index in [9.17, 15) is 9.59 Å². The van der Waals surface area contributed by atoms with Gasteiger partial charge in [0.2, 0.25) is 5.91 Å². The Morgan fingerprint density at radius 3 is 2.93 bits per heavy atom. The summed E-state index contributed by atoms with van der Waals surface area (Å²) in [4.78, 5) is 32.1. The van der Waals surface area contributed by atoms with Crippen molar-refractivity contribution in [2.24, 2.45) is 4.99 Å². The van der Waals surface area contributed by atoms with Crippen LogP contribution in [-0.4, -0.2) is 37.7 Å². The van der Waals surface area contributed by atoms with Crippen molar-refractivity contribution in [1.82, 2.24) is 5.32 Å². The maximum atomic E-state index is 12.7. The first-order valence-electron chi connectivity index (χ1n) is 9.69. The molecule has 2 aromatic rings. The minimum absolute atomic E-state index is 0.0925. The van der Waals surface area contributed by atoms with E-state index < -0.39 is 5.92 Å². The number of aliphatic imine (C=N–C) groups is 1. The van der Waals surface area contributed by atoms with Gasteiger partial charge < -0.3 is 15.5 Å². The molecule has 2 heterocycles. The molecule has 2 aromatic carbocycles. The zero-order valence-corrected chi connectivity index (χ0v) is 16.2. The molecule has 2 aliphatic heterocycles. The number of fused-ring (bicyclic) bond motifs is 2. The predicted molar refractivity (Wildman–Crippen MR) is 112 cm³/mol. The van der Waals surface area contributed by atoms with Crippen molar-refractivity contribution < 1.29 is 9.59 Å². The quantitative estimate of drug-likeness (QED) is 0.785. The third-order valence-corrected chi connectivity index (χ3v) is 5.25. The number of carbonyl (C=O) groups excluding carboxylic acids is 2. The Balaban J connectivity index is 1.66. The molecule has 28 heavy (non-hydrogen) atoms. The van der Waals surface area contributed by atoms with Gasteiger partial charge in [-0.1, -0.05) is 25.5 Å². The zero-order chi connectivity index (χ0) is 19.7. The molecule has 2 amide bonds. The number of nitrogens with one attached hydrogen (secondary N) is 2. The van der Waals surface area contributed by atoms with E-state index >= 15 is 0 Å². The molecule has 0 bridgehead atoms. The summed E-state index contributed by atoms with van der Waals surface area (Å²) in [5, 5.41) is 5.87. The molecule has 1 unspecified atom stereocenters. The molecular formula is C22H24N4O2. The average molecular weight is 376 g/mol. The third kappa shape index (κ3) is 3.26. The van der Waals surface area contributed by atoms with E-state index in [-0.39, 0.29) is 11.8 Å². The number of nitrogens with zero attached hydrogens (tertiary/aromatic N) is 2. The molecule has 6 nitrogen and oxygen atoms in total. The van der Waals surface area contributed by atoms with E-state index in [2.05, 4.69) is 22.5 Å². The highest BCUT2D eigenvalue weighted by Gasteiger charge is 2.37. The van der Waals surface area contributed by atoms with Gasteiger partial charge in [0.25, 0.3) is 5.91 Å². The molecule has 0 saturated heterocycles. The van der Waals surface area contributed by atoms with Crippen molar-refractivity contribution in [2.45, 2.75) is 25.7 Å². The monoisotopic (exact) mass is 376 g/mol. The Labute approximate surface area is 164 Å². The summed E-state index contributed by atoms with van der Waals surface area (Å²) in [6, 6.07) is 13.3. The van der Waals surface area contributed by atoms with Crippen molar-refractivity contribution in [1.29, 1.82) is 0 Å². The summed E-state index contributed by atoms with van der Waals surface area (Å²) in [6.07, 6.45) is 1.97. The van der Waals surface area contributed by atoms with Crippen LogP contribution in [-0.2, 0) is 4.79 Å². The minimum atomic E-state index is -0.478. The molecule has 0 radical (unpaired) electrons. The van der Waals surface area contributed by atoms with E-state index in [1.165, 1.54) is 0 Å². The Morgan fingerprint density at radius 1 is 1.29 bits per heavy atom. The number of hydrogen-bond acceptors (Lipinski definition) is 4. The van der Waals surface area contributed by atoms with E-state index in [1.807, 2.05) is 43.4 Å². The van der Waals surface area contributed by atoms with Gasteiger partial charge in [0.1, 0.15) is 5.92 Å². The highest BCUT2D eigenvalue weighted by atomic mass is 16.2. The Kier molecular flexibility index (Phi) is 4.86. The first-order chi connectivity index (χ1) is 13.6. The van der Waals surface area contributed by atoms with Gasteiger partial charge in [-0.15, -0.1) is 0 Å². The lowest BCUT2D eigenvalue weighted by Crippen LogP contribution is -2.34. The molecule has 4 rings (SSSR count). The molecule has 0 aromatic heterocycles. The van der Waals surface area contributed by atoms with Gasteiger partial charge >= 0.3 is 0 Å². The Morgan fingerprint density at radius 2 is 2.11 bits per heavy atom. The molecule has 0 fully saturated rings. The van der Waals surface area contributed by atoms with Crippen LogP contribution in [0.2, 0.25) is 0 Å². The highest BCUT2D eigenvalue weighted by molar-refractivity contribution is 6.21. The first kappa shape index (κ1) is 18.2. The van der Waals surface area contributed by atoms with Crippen molar-refractivity contribution >= 4 is 34.6 Å².